The summed E-state index contributed by atoms with van der Waals surface area (Å²) in [6, 6.07) is 12.6. The molecule has 0 heterocycles. The molecule has 0 fully saturated rings. The van der Waals surface area contributed by atoms with Crippen LogP contribution in [0.2, 0.25) is 0 Å². The summed E-state index contributed by atoms with van der Waals surface area (Å²) in [5.74, 6) is -0.0812. The summed E-state index contributed by atoms with van der Waals surface area (Å²) < 4.78 is 25.2. The van der Waals surface area contributed by atoms with Gasteiger partial charge in [-0.2, -0.15) is 0 Å². The summed E-state index contributed by atoms with van der Waals surface area (Å²) in [4.78, 5) is 0.381. The summed E-state index contributed by atoms with van der Waals surface area (Å²) in [5.41, 5.74) is 9.72. The first-order chi connectivity index (χ1) is 9.81. The largest absolute Gasteiger partial charge is 0.323 e. The summed E-state index contributed by atoms with van der Waals surface area (Å²) in [6.45, 7) is 5.64. The molecule has 0 spiro atoms. The van der Waals surface area contributed by atoms with Crippen LogP contribution in [-0.2, 0) is 9.84 Å². The molecule has 0 aliphatic heterocycles. The van der Waals surface area contributed by atoms with Crippen LogP contribution in [0.15, 0.2) is 47.4 Å². The van der Waals surface area contributed by atoms with Crippen LogP contribution >= 0.6 is 0 Å². The second-order valence-electron chi connectivity index (χ2n) is 5.51. The van der Waals surface area contributed by atoms with Gasteiger partial charge in [0.1, 0.15) is 0 Å². The van der Waals surface area contributed by atoms with E-state index < -0.39 is 15.9 Å². The van der Waals surface area contributed by atoms with Gasteiger partial charge in [0.05, 0.1) is 10.6 Å². The van der Waals surface area contributed by atoms with Gasteiger partial charge in [-0.3, -0.25) is 0 Å². The Morgan fingerprint density at radius 2 is 1.67 bits per heavy atom. The Kier molecular flexibility index (Phi) is 4.49. The molecule has 1 atom stereocenters. The van der Waals surface area contributed by atoms with Gasteiger partial charge in [-0.05, 0) is 49.1 Å². The smallest absolute Gasteiger partial charge is 0.180 e. The van der Waals surface area contributed by atoms with Crippen molar-refractivity contribution >= 4 is 9.84 Å². The fourth-order valence-corrected chi connectivity index (χ4v) is 4.22. The van der Waals surface area contributed by atoms with Crippen molar-refractivity contribution in [2.75, 3.05) is 5.75 Å². The zero-order valence-corrected chi connectivity index (χ0v) is 13.4. The van der Waals surface area contributed by atoms with Crippen molar-refractivity contribution in [3.05, 3.63) is 64.7 Å². The van der Waals surface area contributed by atoms with Crippen LogP contribution in [0.1, 0.15) is 28.3 Å². The molecule has 3 nitrogen and oxygen atoms in total. The van der Waals surface area contributed by atoms with Crippen LogP contribution in [0.5, 0.6) is 0 Å². The molecule has 2 aromatic rings. The molecule has 0 bridgehead atoms. The van der Waals surface area contributed by atoms with Crippen molar-refractivity contribution in [2.24, 2.45) is 5.73 Å². The third-order valence-corrected chi connectivity index (χ3v) is 5.57. The minimum Gasteiger partial charge on any atom is -0.323 e. The van der Waals surface area contributed by atoms with E-state index >= 15 is 0 Å². The Morgan fingerprint density at radius 1 is 1.00 bits per heavy atom. The van der Waals surface area contributed by atoms with Crippen molar-refractivity contribution in [2.45, 2.75) is 31.7 Å². The highest BCUT2D eigenvalue weighted by Gasteiger charge is 2.22. The minimum absolute atomic E-state index is 0.0812. The second kappa shape index (κ2) is 6.00. The van der Waals surface area contributed by atoms with Crippen LogP contribution in [-0.4, -0.2) is 14.2 Å². The molecule has 21 heavy (non-hydrogen) atoms. The number of nitrogens with two attached hydrogens (primary N) is 1. The molecule has 0 saturated carbocycles. The molecular weight excluding hydrogens is 282 g/mol. The second-order valence-corrected chi connectivity index (χ2v) is 7.52. The van der Waals surface area contributed by atoms with E-state index in [9.17, 15) is 8.42 Å². The Hall–Kier alpha value is -1.65. The molecule has 1 unspecified atom stereocenters. The van der Waals surface area contributed by atoms with Gasteiger partial charge in [-0.1, -0.05) is 36.4 Å². The molecule has 112 valence electrons. The van der Waals surface area contributed by atoms with E-state index in [-0.39, 0.29) is 5.75 Å². The highest BCUT2D eigenvalue weighted by molar-refractivity contribution is 7.91. The van der Waals surface area contributed by atoms with E-state index in [1.807, 2.05) is 57.2 Å². The Balaban J connectivity index is 2.34. The summed E-state index contributed by atoms with van der Waals surface area (Å²) in [6.07, 6.45) is 0. The highest BCUT2D eigenvalue weighted by Crippen LogP contribution is 2.23. The van der Waals surface area contributed by atoms with E-state index in [2.05, 4.69) is 0 Å². The predicted octanol–water partition coefficient (Wildman–Crippen LogP) is 3.09. The molecule has 2 rings (SSSR count). The number of hydrogen-bond acceptors (Lipinski definition) is 3. The van der Waals surface area contributed by atoms with Crippen molar-refractivity contribution < 1.29 is 8.42 Å². The molecule has 2 N–H and O–H groups in total. The van der Waals surface area contributed by atoms with Crippen LogP contribution in [0.3, 0.4) is 0 Å². The summed E-state index contributed by atoms with van der Waals surface area (Å²) >= 11 is 0. The molecule has 0 aliphatic carbocycles. The van der Waals surface area contributed by atoms with Gasteiger partial charge in [-0.15, -0.1) is 0 Å². The Morgan fingerprint density at radius 3 is 2.33 bits per heavy atom. The van der Waals surface area contributed by atoms with Crippen molar-refractivity contribution in [1.29, 1.82) is 0 Å². The number of rotatable bonds is 4. The first kappa shape index (κ1) is 15.7. The summed E-state index contributed by atoms with van der Waals surface area (Å²) in [5, 5.41) is 0. The molecule has 0 aliphatic rings. The summed E-state index contributed by atoms with van der Waals surface area (Å²) in [7, 11) is -3.40. The lowest BCUT2D eigenvalue weighted by Crippen LogP contribution is -2.23. The van der Waals surface area contributed by atoms with E-state index in [0.29, 0.717) is 4.90 Å². The van der Waals surface area contributed by atoms with Crippen LogP contribution in [0.4, 0.5) is 0 Å². The molecule has 0 aromatic heterocycles. The Labute approximate surface area is 126 Å². The van der Waals surface area contributed by atoms with Crippen LogP contribution < -0.4 is 5.73 Å². The molecule has 0 saturated heterocycles. The first-order valence-corrected chi connectivity index (χ1v) is 8.57. The van der Waals surface area contributed by atoms with Gasteiger partial charge in [0.15, 0.2) is 9.84 Å². The van der Waals surface area contributed by atoms with E-state index in [0.717, 1.165) is 22.3 Å². The quantitative estimate of drug-likeness (QED) is 0.944. The maximum atomic E-state index is 12.6. The van der Waals surface area contributed by atoms with Crippen molar-refractivity contribution in [3.8, 4) is 0 Å². The fourth-order valence-electron chi connectivity index (χ4n) is 2.46. The Bertz CT molecular complexity index is 751. The molecular formula is C17H21NO2S. The number of benzene rings is 2. The topological polar surface area (TPSA) is 60.2 Å². The average molecular weight is 303 g/mol. The lowest BCUT2D eigenvalue weighted by molar-refractivity contribution is 0.588. The zero-order valence-electron chi connectivity index (χ0n) is 12.6. The number of sulfone groups is 1. The van der Waals surface area contributed by atoms with E-state index in [1.54, 1.807) is 6.07 Å². The zero-order chi connectivity index (χ0) is 15.6. The molecule has 2 aromatic carbocycles. The molecule has 0 radical (unpaired) electrons. The van der Waals surface area contributed by atoms with Crippen molar-refractivity contribution in [1.82, 2.24) is 0 Å². The average Bonchev–Trinajstić information content (AvgIpc) is 2.41. The predicted molar refractivity (Wildman–Crippen MR) is 86.1 cm³/mol. The van der Waals surface area contributed by atoms with Gasteiger partial charge >= 0.3 is 0 Å². The van der Waals surface area contributed by atoms with Gasteiger partial charge < -0.3 is 5.73 Å². The van der Waals surface area contributed by atoms with Crippen molar-refractivity contribution in [3.63, 3.8) is 0 Å². The van der Waals surface area contributed by atoms with Gasteiger partial charge in [0.2, 0.25) is 0 Å². The number of aryl methyl sites for hydroxylation is 3. The fraction of sp³-hybridized carbons (Fsp3) is 0.294. The standard InChI is InChI=1S/C17H21NO2S/c1-12-8-9-14(3)17(10-12)21(19,20)11-16(18)15-7-5-4-6-13(15)2/h4-10,16H,11,18H2,1-3H3. The molecule has 4 heteroatoms. The normalized spacial score (nSPS) is 13.1. The van der Waals surface area contributed by atoms with Crippen LogP contribution in [0, 0.1) is 20.8 Å². The molecule has 0 amide bonds. The van der Waals surface area contributed by atoms with Gasteiger partial charge in [-0.25, -0.2) is 8.42 Å². The lowest BCUT2D eigenvalue weighted by Gasteiger charge is -2.16. The first-order valence-electron chi connectivity index (χ1n) is 6.92. The van der Waals surface area contributed by atoms with E-state index in [4.69, 9.17) is 5.73 Å². The van der Waals surface area contributed by atoms with E-state index in [1.165, 1.54) is 0 Å². The maximum absolute atomic E-state index is 12.6. The van der Waals surface area contributed by atoms with Crippen LogP contribution in [0.25, 0.3) is 0 Å². The third kappa shape index (κ3) is 3.52. The van der Waals surface area contributed by atoms with Gasteiger partial charge in [0, 0.05) is 6.04 Å². The SMILES string of the molecule is Cc1ccc(C)c(S(=O)(=O)CC(N)c2ccccc2C)c1. The van der Waals surface area contributed by atoms with Gasteiger partial charge in [0.25, 0.3) is 0 Å². The highest BCUT2D eigenvalue weighted by atomic mass is 32.2. The maximum Gasteiger partial charge on any atom is 0.180 e. The third-order valence-electron chi connectivity index (χ3n) is 3.67. The number of hydrogen-bond donors (Lipinski definition) is 1. The minimum atomic E-state index is -3.40. The monoisotopic (exact) mass is 303 g/mol. The lowest BCUT2D eigenvalue weighted by atomic mass is 10.0.